The Labute approximate surface area is 194 Å². The SMILES string of the molecule is CCCCCC(=O)CCCCc1nc2cc(C)ccc2c(=O)n1Cc1ccccc1.O=C=O. The standard InChI is InChI=1S/C26H32N2O2.CO2/c1-3-4-6-13-22(29)14-9-10-15-25-27-24-18-20(2)16-17-23(24)26(30)28(25)19-21-11-7-5-8-12-21;2-1-3/h5,7-8,11-12,16-18H,3-4,6,9-10,13-15,19H2,1-2H3;. The molecule has 0 fully saturated rings. The molecule has 174 valence electrons. The third-order valence-corrected chi connectivity index (χ3v) is 5.54. The Kier molecular flexibility index (Phi) is 10.9. The second kappa shape index (κ2) is 13.9. The van der Waals surface area contributed by atoms with Gasteiger partial charge >= 0.3 is 6.15 Å². The zero-order chi connectivity index (χ0) is 24.1. The number of ketones is 1. The van der Waals surface area contributed by atoms with Crippen LogP contribution in [0.2, 0.25) is 0 Å². The van der Waals surface area contributed by atoms with Gasteiger partial charge in [0.05, 0.1) is 17.4 Å². The van der Waals surface area contributed by atoms with Crippen LogP contribution in [0.15, 0.2) is 53.3 Å². The van der Waals surface area contributed by atoms with Crippen molar-refractivity contribution in [2.24, 2.45) is 0 Å². The van der Waals surface area contributed by atoms with Crippen LogP contribution in [0.1, 0.15) is 68.8 Å². The molecular weight excluding hydrogens is 416 g/mol. The summed E-state index contributed by atoms with van der Waals surface area (Å²) in [6, 6.07) is 15.8. The molecule has 33 heavy (non-hydrogen) atoms. The van der Waals surface area contributed by atoms with E-state index in [2.05, 4.69) is 6.92 Å². The average Bonchev–Trinajstić information content (AvgIpc) is 2.80. The summed E-state index contributed by atoms with van der Waals surface area (Å²) >= 11 is 0. The number of carbonyl (C=O) groups excluding carboxylic acids is 3. The Bertz CT molecular complexity index is 1130. The first-order valence-corrected chi connectivity index (χ1v) is 11.5. The van der Waals surface area contributed by atoms with Crippen LogP contribution in [0.25, 0.3) is 10.9 Å². The van der Waals surface area contributed by atoms with Gasteiger partial charge in [-0.2, -0.15) is 9.59 Å². The first kappa shape index (κ1) is 25.9. The highest BCUT2D eigenvalue weighted by Crippen LogP contribution is 2.15. The van der Waals surface area contributed by atoms with Crippen molar-refractivity contribution in [1.29, 1.82) is 0 Å². The van der Waals surface area contributed by atoms with E-state index in [1.54, 1.807) is 4.57 Å². The van der Waals surface area contributed by atoms with Gasteiger partial charge in [-0.05, 0) is 49.4 Å². The highest BCUT2D eigenvalue weighted by molar-refractivity contribution is 5.78. The van der Waals surface area contributed by atoms with Crippen LogP contribution in [0.4, 0.5) is 0 Å². The van der Waals surface area contributed by atoms with Gasteiger partial charge < -0.3 is 0 Å². The molecule has 3 rings (SSSR count). The highest BCUT2D eigenvalue weighted by atomic mass is 16.2. The van der Waals surface area contributed by atoms with E-state index in [9.17, 15) is 9.59 Å². The van der Waals surface area contributed by atoms with E-state index in [-0.39, 0.29) is 11.7 Å². The number of carbonyl (C=O) groups is 1. The van der Waals surface area contributed by atoms with Gasteiger partial charge in [0.2, 0.25) is 0 Å². The molecule has 0 N–H and O–H groups in total. The van der Waals surface area contributed by atoms with E-state index in [1.807, 2.05) is 55.5 Å². The van der Waals surface area contributed by atoms with Crippen LogP contribution in [-0.2, 0) is 27.3 Å². The summed E-state index contributed by atoms with van der Waals surface area (Å²) in [4.78, 5) is 46.4. The van der Waals surface area contributed by atoms with Gasteiger partial charge in [-0.3, -0.25) is 14.2 Å². The molecule has 0 radical (unpaired) electrons. The molecule has 6 nitrogen and oxygen atoms in total. The van der Waals surface area contributed by atoms with Crippen molar-refractivity contribution in [2.45, 2.75) is 71.8 Å². The summed E-state index contributed by atoms with van der Waals surface area (Å²) < 4.78 is 1.80. The molecule has 0 saturated heterocycles. The quantitative estimate of drug-likeness (QED) is 0.384. The van der Waals surface area contributed by atoms with E-state index in [1.165, 1.54) is 0 Å². The topological polar surface area (TPSA) is 86.1 Å². The van der Waals surface area contributed by atoms with Gasteiger partial charge in [-0.1, -0.05) is 56.2 Å². The molecule has 1 heterocycles. The number of fused-ring (bicyclic) bond motifs is 1. The van der Waals surface area contributed by atoms with Gasteiger partial charge in [0.25, 0.3) is 5.56 Å². The maximum atomic E-state index is 13.2. The second-order valence-corrected chi connectivity index (χ2v) is 8.21. The molecule has 0 atom stereocenters. The number of rotatable bonds is 11. The summed E-state index contributed by atoms with van der Waals surface area (Å²) in [6.07, 6.45) is 7.23. The van der Waals surface area contributed by atoms with Crippen molar-refractivity contribution >= 4 is 22.8 Å². The third-order valence-electron chi connectivity index (χ3n) is 5.54. The van der Waals surface area contributed by atoms with E-state index in [4.69, 9.17) is 14.6 Å². The lowest BCUT2D eigenvalue weighted by Gasteiger charge is -2.14. The van der Waals surface area contributed by atoms with Crippen LogP contribution in [0.3, 0.4) is 0 Å². The number of hydrogen-bond donors (Lipinski definition) is 0. The van der Waals surface area contributed by atoms with Gasteiger partial charge in [-0.25, -0.2) is 4.98 Å². The Balaban J connectivity index is 0.00000122. The first-order chi connectivity index (χ1) is 16.0. The monoisotopic (exact) mass is 448 g/mol. The van der Waals surface area contributed by atoms with Crippen molar-refractivity contribution in [2.75, 3.05) is 0 Å². The summed E-state index contributed by atoms with van der Waals surface area (Å²) in [5.41, 5.74) is 2.95. The zero-order valence-corrected chi connectivity index (χ0v) is 19.5. The van der Waals surface area contributed by atoms with Crippen LogP contribution in [-0.4, -0.2) is 21.5 Å². The summed E-state index contributed by atoms with van der Waals surface area (Å²) in [7, 11) is 0. The van der Waals surface area contributed by atoms with Crippen molar-refractivity contribution < 1.29 is 14.4 Å². The molecule has 0 saturated carbocycles. The molecule has 0 aliphatic carbocycles. The minimum absolute atomic E-state index is 0.00879. The molecule has 0 spiro atoms. The number of Topliss-reactive ketones (excluding diaryl/α,β-unsaturated/α-hetero) is 1. The highest BCUT2D eigenvalue weighted by Gasteiger charge is 2.12. The number of aryl methyl sites for hydroxylation is 2. The summed E-state index contributed by atoms with van der Waals surface area (Å²) in [5, 5.41) is 0.659. The molecule has 0 aliphatic heterocycles. The van der Waals surface area contributed by atoms with Crippen LogP contribution < -0.4 is 5.56 Å². The van der Waals surface area contributed by atoms with Crippen molar-refractivity contribution in [3.8, 4) is 0 Å². The molecular formula is C27H32N2O4. The summed E-state index contributed by atoms with van der Waals surface area (Å²) in [5.74, 6) is 1.16. The Hall–Kier alpha value is -3.37. The molecule has 0 unspecified atom stereocenters. The van der Waals surface area contributed by atoms with Crippen LogP contribution in [0.5, 0.6) is 0 Å². The number of hydrogen-bond acceptors (Lipinski definition) is 5. The molecule has 3 aromatic rings. The fourth-order valence-corrected chi connectivity index (χ4v) is 3.80. The maximum Gasteiger partial charge on any atom is 0.373 e. The summed E-state index contributed by atoms with van der Waals surface area (Å²) in [6.45, 7) is 4.68. The minimum atomic E-state index is 0.00879. The van der Waals surface area contributed by atoms with E-state index >= 15 is 0 Å². The molecule has 6 heteroatoms. The first-order valence-electron chi connectivity index (χ1n) is 11.5. The van der Waals surface area contributed by atoms with Crippen LogP contribution in [0, 0.1) is 6.92 Å². The number of aromatic nitrogens is 2. The van der Waals surface area contributed by atoms with E-state index in [0.29, 0.717) is 37.0 Å². The van der Waals surface area contributed by atoms with Gasteiger partial charge in [0, 0.05) is 19.3 Å². The maximum absolute atomic E-state index is 13.2. The second-order valence-electron chi connectivity index (χ2n) is 8.21. The fraction of sp³-hybridized carbons (Fsp3) is 0.407. The Morgan fingerprint density at radius 1 is 0.970 bits per heavy atom. The zero-order valence-electron chi connectivity index (χ0n) is 19.5. The molecule has 0 aliphatic rings. The van der Waals surface area contributed by atoms with Crippen molar-refractivity contribution in [3.63, 3.8) is 0 Å². The van der Waals surface area contributed by atoms with Gasteiger partial charge in [0.15, 0.2) is 0 Å². The van der Waals surface area contributed by atoms with Gasteiger partial charge in [-0.15, -0.1) is 0 Å². The normalized spacial score (nSPS) is 10.4. The number of benzene rings is 2. The third kappa shape index (κ3) is 8.24. The predicted octanol–water partition coefficient (Wildman–Crippen LogP) is 5.03. The molecule has 0 amide bonds. The lowest BCUT2D eigenvalue weighted by atomic mass is 10.1. The largest absolute Gasteiger partial charge is 0.373 e. The smallest absolute Gasteiger partial charge is 0.300 e. The molecule has 0 bridgehead atoms. The average molecular weight is 449 g/mol. The van der Waals surface area contributed by atoms with E-state index in [0.717, 1.165) is 54.6 Å². The van der Waals surface area contributed by atoms with Crippen LogP contribution >= 0.6 is 0 Å². The molecule has 2 aromatic carbocycles. The molecule has 1 aromatic heterocycles. The predicted molar refractivity (Wildman–Crippen MR) is 128 cm³/mol. The van der Waals surface area contributed by atoms with Gasteiger partial charge in [0.1, 0.15) is 11.6 Å². The number of nitrogens with zero attached hydrogens (tertiary/aromatic N) is 2. The minimum Gasteiger partial charge on any atom is -0.300 e. The van der Waals surface area contributed by atoms with Crippen molar-refractivity contribution in [3.05, 3.63) is 75.8 Å². The Morgan fingerprint density at radius 2 is 1.64 bits per heavy atom. The number of unbranched alkanes of at least 4 members (excludes halogenated alkanes) is 3. The lowest BCUT2D eigenvalue weighted by Crippen LogP contribution is -2.26. The Morgan fingerprint density at radius 3 is 2.30 bits per heavy atom. The van der Waals surface area contributed by atoms with E-state index < -0.39 is 0 Å². The lowest BCUT2D eigenvalue weighted by molar-refractivity contribution is -0.191. The fourth-order valence-electron chi connectivity index (χ4n) is 3.80. The van der Waals surface area contributed by atoms with Crippen molar-refractivity contribution in [1.82, 2.24) is 9.55 Å².